The lowest BCUT2D eigenvalue weighted by molar-refractivity contribution is -0.292. The van der Waals surface area contributed by atoms with E-state index in [1.807, 2.05) is 0 Å². The number of aromatic hydroxyl groups is 1. The van der Waals surface area contributed by atoms with Crippen molar-refractivity contribution in [3.05, 3.63) is 29.8 Å². The second kappa shape index (κ2) is 7.71. The van der Waals surface area contributed by atoms with Crippen molar-refractivity contribution < 1.29 is 39.8 Å². The molecule has 1 saturated heterocycles. The highest BCUT2D eigenvalue weighted by molar-refractivity contribution is 5.70. The quantitative estimate of drug-likeness (QED) is 0.419. The third-order valence-electron chi connectivity index (χ3n) is 3.69. The number of ether oxygens (including phenoxy) is 2. The molecule has 0 radical (unpaired) electrons. The van der Waals surface area contributed by atoms with E-state index in [4.69, 9.17) is 14.6 Å². The molecule has 1 aliphatic rings. The Morgan fingerprint density at radius 1 is 1.13 bits per heavy atom. The number of phenols is 1. The lowest BCUT2D eigenvalue weighted by atomic mass is 9.99. The minimum absolute atomic E-state index is 0.0631. The van der Waals surface area contributed by atoms with E-state index < -0.39 is 43.3 Å². The van der Waals surface area contributed by atoms with Gasteiger partial charge in [0.15, 0.2) is 0 Å². The van der Waals surface area contributed by atoms with E-state index >= 15 is 0 Å². The Hall–Kier alpha value is -1.71. The number of aliphatic hydroxyl groups is 4. The molecule has 0 spiro atoms. The summed E-state index contributed by atoms with van der Waals surface area (Å²) in [7, 11) is 0. The van der Waals surface area contributed by atoms with Gasteiger partial charge >= 0.3 is 5.97 Å². The molecule has 1 aromatic rings. The van der Waals surface area contributed by atoms with Crippen molar-refractivity contribution in [2.75, 3.05) is 6.61 Å². The molecule has 8 heteroatoms. The number of rotatable bonds is 5. The van der Waals surface area contributed by atoms with Crippen molar-refractivity contribution in [2.24, 2.45) is 0 Å². The fourth-order valence-corrected chi connectivity index (χ4v) is 2.31. The number of para-hydroxylation sites is 1. The molecule has 1 fully saturated rings. The number of hydrogen-bond donors (Lipinski definition) is 5. The highest BCUT2D eigenvalue weighted by Gasteiger charge is 2.45. The predicted octanol–water partition coefficient (Wildman–Crippen LogP) is -1.33. The Kier molecular flexibility index (Phi) is 5.91. The Labute approximate surface area is 132 Å². The lowest BCUT2D eigenvalue weighted by Gasteiger charge is -2.39. The van der Waals surface area contributed by atoms with E-state index in [1.54, 1.807) is 18.2 Å². The third kappa shape index (κ3) is 4.18. The zero-order chi connectivity index (χ0) is 17.0. The zero-order valence-corrected chi connectivity index (χ0v) is 12.3. The van der Waals surface area contributed by atoms with Crippen LogP contribution < -0.4 is 0 Å². The summed E-state index contributed by atoms with van der Waals surface area (Å²) in [5.74, 6) is -0.647. The smallest absolute Gasteiger partial charge is 0.308 e. The summed E-state index contributed by atoms with van der Waals surface area (Å²) in [5, 5.41) is 47.7. The van der Waals surface area contributed by atoms with Gasteiger partial charge in [0.25, 0.3) is 0 Å². The number of phenolic OH excluding ortho intramolecular Hbond substituents is 1. The summed E-state index contributed by atoms with van der Waals surface area (Å²) < 4.78 is 10.0. The Bertz CT molecular complexity index is 532. The average Bonchev–Trinajstić information content (AvgIpc) is 2.54. The van der Waals surface area contributed by atoms with Crippen molar-refractivity contribution in [1.29, 1.82) is 0 Å². The van der Waals surface area contributed by atoms with Crippen LogP contribution >= 0.6 is 0 Å². The summed E-state index contributed by atoms with van der Waals surface area (Å²) in [6.45, 7) is -0.600. The molecule has 128 valence electrons. The molecule has 0 unspecified atom stereocenters. The first-order valence-corrected chi connectivity index (χ1v) is 7.21. The van der Waals surface area contributed by atoms with Gasteiger partial charge in [0, 0.05) is 6.42 Å². The van der Waals surface area contributed by atoms with Crippen LogP contribution in [0, 0.1) is 0 Å². The minimum Gasteiger partial charge on any atom is -0.508 e. The highest BCUT2D eigenvalue weighted by atomic mass is 16.7. The largest absolute Gasteiger partial charge is 0.508 e. The summed E-state index contributed by atoms with van der Waals surface area (Å²) in [6, 6.07) is 6.54. The molecule has 5 N–H and O–H groups in total. The van der Waals surface area contributed by atoms with Gasteiger partial charge in [0.05, 0.1) is 6.61 Å². The van der Waals surface area contributed by atoms with Gasteiger partial charge in [-0.1, -0.05) is 18.2 Å². The molecule has 0 saturated carbocycles. The lowest BCUT2D eigenvalue weighted by Crippen LogP contribution is -2.59. The van der Waals surface area contributed by atoms with Crippen molar-refractivity contribution in [3.8, 4) is 5.75 Å². The van der Waals surface area contributed by atoms with Crippen LogP contribution in [0.2, 0.25) is 0 Å². The standard InChI is InChI=1S/C15H20O8/c16-7-10-12(19)13(20)14(21)15(22-10)23-11(18)6-5-8-3-1-2-4-9(8)17/h1-4,10,12-17,19-21H,5-7H2/t10-,12-,13+,14-,15+/m1/s1. The van der Waals surface area contributed by atoms with Crippen molar-refractivity contribution >= 4 is 5.97 Å². The van der Waals surface area contributed by atoms with Crippen LogP contribution in [0.3, 0.4) is 0 Å². The summed E-state index contributed by atoms with van der Waals surface area (Å²) in [4.78, 5) is 11.8. The number of aryl methyl sites for hydroxylation is 1. The second-order valence-electron chi connectivity index (χ2n) is 5.32. The van der Waals surface area contributed by atoms with Crippen molar-refractivity contribution in [1.82, 2.24) is 0 Å². The maximum atomic E-state index is 11.8. The maximum Gasteiger partial charge on any atom is 0.308 e. The van der Waals surface area contributed by atoms with E-state index in [2.05, 4.69) is 0 Å². The van der Waals surface area contributed by atoms with Crippen LogP contribution in [0.25, 0.3) is 0 Å². The molecule has 8 nitrogen and oxygen atoms in total. The van der Waals surface area contributed by atoms with Gasteiger partial charge in [0.2, 0.25) is 6.29 Å². The van der Waals surface area contributed by atoms with Gasteiger partial charge in [-0.25, -0.2) is 0 Å². The van der Waals surface area contributed by atoms with Gasteiger partial charge in [-0.05, 0) is 18.1 Å². The molecule has 0 aromatic heterocycles. The molecule has 1 heterocycles. The monoisotopic (exact) mass is 328 g/mol. The Balaban J connectivity index is 1.90. The van der Waals surface area contributed by atoms with Crippen LogP contribution in [0.15, 0.2) is 24.3 Å². The zero-order valence-electron chi connectivity index (χ0n) is 12.3. The van der Waals surface area contributed by atoms with Crippen LogP contribution in [0.4, 0.5) is 0 Å². The molecule has 5 atom stereocenters. The average molecular weight is 328 g/mol. The molecule has 0 amide bonds. The maximum absolute atomic E-state index is 11.8. The minimum atomic E-state index is -1.62. The normalized spacial score (nSPS) is 30.9. The Morgan fingerprint density at radius 3 is 2.48 bits per heavy atom. The van der Waals surface area contributed by atoms with E-state index in [-0.39, 0.29) is 18.6 Å². The first-order valence-electron chi connectivity index (χ1n) is 7.21. The molecule has 1 aliphatic heterocycles. The van der Waals surface area contributed by atoms with Gasteiger partial charge in [-0.2, -0.15) is 0 Å². The fourth-order valence-electron chi connectivity index (χ4n) is 2.31. The SMILES string of the molecule is O=C(CCc1ccccc1O)O[C@@H]1O[C@H](CO)[C@@H](O)[C@H](O)[C@H]1O. The van der Waals surface area contributed by atoms with Crippen LogP contribution in [0.5, 0.6) is 5.75 Å². The topological polar surface area (TPSA) is 137 Å². The number of carbonyl (C=O) groups is 1. The highest BCUT2D eigenvalue weighted by Crippen LogP contribution is 2.23. The van der Waals surface area contributed by atoms with Crippen LogP contribution in [-0.2, 0) is 20.7 Å². The molecular weight excluding hydrogens is 308 g/mol. The number of esters is 1. The van der Waals surface area contributed by atoms with E-state index in [0.717, 1.165) is 0 Å². The van der Waals surface area contributed by atoms with E-state index in [9.17, 15) is 25.2 Å². The first-order chi connectivity index (χ1) is 10.9. The summed E-state index contributed by atoms with van der Waals surface area (Å²) >= 11 is 0. The summed E-state index contributed by atoms with van der Waals surface area (Å²) in [5.41, 5.74) is 0.568. The number of aliphatic hydroxyl groups excluding tert-OH is 4. The molecule has 0 bridgehead atoms. The molecule has 1 aromatic carbocycles. The summed E-state index contributed by atoms with van der Waals surface area (Å²) in [6.07, 6.45) is -7.20. The second-order valence-corrected chi connectivity index (χ2v) is 5.32. The van der Waals surface area contributed by atoms with Crippen LogP contribution in [0.1, 0.15) is 12.0 Å². The molecular formula is C15H20O8. The van der Waals surface area contributed by atoms with Crippen molar-refractivity contribution in [3.63, 3.8) is 0 Å². The number of benzene rings is 1. The fraction of sp³-hybridized carbons (Fsp3) is 0.533. The van der Waals surface area contributed by atoms with Gasteiger partial charge < -0.3 is 35.0 Å². The Morgan fingerprint density at radius 2 is 1.83 bits per heavy atom. The number of carbonyl (C=O) groups excluding carboxylic acids is 1. The van der Waals surface area contributed by atoms with Gasteiger partial charge in [-0.15, -0.1) is 0 Å². The van der Waals surface area contributed by atoms with E-state index in [1.165, 1.54) is 6.07 Å². The predicted molar refractivity (Wildman–Crippen MR) is 76.3 cm³/mol. The molecule has 23 heavy (non-hydrogen) atoms. The van der Waals surface area contributed by atoms with Crippen molar-refractivity contribution in [2.45, 2.75) is 43.5 Å². The van der Waals surface area contributed by atoms with Gasteiger partial charge in [0.1, 0.15) is 30.2 Å². The molecule has 2 rings (SSSR count). The first kappa shape index (κ1) is 17.6. The number of hydrogen-bond acceptors (Lipinski definition) is 8. The van der Waals surface area contributed by atoms with Gasteiger partial charge in [-0.3, -0.25) is 4.79 Å². The van der Waals surface area contributed by atoms with Crippen LogP contribution in [-0.4, -0.2) is 68.8 Å². The third-order valence-corrected chi connectivity index (χ3v) is 3.69. The van der Waals surface area contributed by atoms with E-state index in [0.29, 0.717) is 5.56 Å². The molecule has 0 aliphatic carbocycles.